The fraction of sp³-hybridized carbons (Fsp3) is 0.638. The Morgan fingerprint density at radius 1 is 0.328 bits per heavy atom. The van der Waals surface area contributed by atoms with Crippen LogP contribution in [-0.2, 0) is 28.6 Å². The standard InChI is InChI=1S/C58H94O6/c1-4-7-10-13-16-19-21-23-24-25-26-27-28-29-30-31-32-33-34-36-37-39-42-45-48-51-57(60)63-54-55(53-62-56(59)50-47-44-41-18-15-12-9-6-3)64-58(61)52-49-46-43-40-38-35-22-20-17-14-11-8-5-2/h7-8,10-11,16-17,19-20,23-24,26-27,29-30,35,38,43,46,55H,4-6,9,12-15,18,21-22,25,28,31-34,36-37,39-42,44-45,47-54H2,1-3H3/b10-7-,11-8-,19-16-,20-17-,24-23-,27-26-,30-29-,38-35-,46-43-. The molecule has 0 aliphatic heterocycles. The molecule has 0 saturated carbocycles. The van der Waals surface area contributed by atoms with Crippen LogP contribution < -0.4 is 0 Å². The number of rotatable bonds is 45. The van der Waals surface area contributed by atoms with Gasteiger partial charge in [-0.1, -0.05) is 220 Å². The molecule has 0 N–H and O–H groups in total. The topological polar surface area (TPSA) is 78.9 Å². The Kier molecular flexibility index (Phi) is 48.5. The summed E-state index contributed by atoms with van der Waals surface area (Å²) in [6.45, 7) is 6.29. The molecule has 0 aliphatic rings. The Labute approximate surface area is 393 Å². The first-order valence-electron chi connectivity index (χ1n) is 25.9. The molecule has 64 heavy (non-hydrogen) atoms. The van der Waals surface area contributed by atoms with Gasteiger partial charge in [0, 0.05) is 19.3 Å². The third-order valence-corrected chi connectivity index (χ3v) is 10.5. The predicted molar refractivity (Wildman–Crippen MR) is 274 cm³/mol. The molecule has 0 heterocycles. The lowest BCUT2D eigenvalue weighted by Gasteiger charge is -2.18. The van der Waals surface area contributed by atoms with Crippen LogP contribution in [0.4, 0.5) is 0 Å². The van der Waals surface area contributed by atoms with Crippen LogP contribution in [-0.4, -0.2) is 37.2 Å². The van der Waals surface area contributed by atoms with Gasteiger partial charge in [-0.25, -0.2) is 0 Å². The van der Waals surface area contributed by atoms with E-state index in [4.69, 9.17) is 14.2 Å². The monoisotopic (exact) mass is 887 g/mol. The fourth-order valence-corrected chi connectivity index (χ4v) is 6.72. The number of carbonyl (C=O) groups excluding carboxylic acids is 3. The van der Waals surface area contributed by atoms with Crippen LogP contribution >= 0.6 is 0 Å². The number of hydrogen-bond acceptors (Lipinski definition) is 6. The summed E-state index contributed by atoms with van der Waals surface area (Å²) in [7, 11) is 0. The minimum absolute atomic E-state index is 0.109. The van der Waals surface area contributed by atoms with E-state index in [0.717, 1.165) is 103 Å². The normalized spacial score (nSPS) is 13.0. The van der Waals surface area contributed by atoms with Gasteiger partial charge in [0.2, 0.25) is 0 Å². The van der Waals surface area contributed by atoms with Crippen LogP contribution in [0.15, 0.2) is 109 Å². The van der Waals surface area contributed by atoms with Crippen molar-refractivity contribution in [3.8, 4) is 0 Å². The molecule has 362 valence electrons. The minimum Gasteiger partial charge on any atom is -0.462 e. The SMILES string of the molecule is CC/C=C\C/C=C\C/C=C\C/C=C\C/C=C\CCCCCCCCCCCC(=O)OCC(COC(=O)CCCCCCCCCC)OC(=O)CC/C=C\C/C=C\C/C=C\C/C=C\CC. The number of unbranched alkanes of at least 4 members (excludes halogenated alkanes) is 16. The van der Waals surface area contributed by atoms with Gasteiger partial charge in [0.1, 0.15) is 13.2 Å². The molecular formula is C58H94O6. The molecule has 0 saturated heterocycles. The second kappa shape index (κ2) is 51.7. The molecule has 0 aromatic heterocycles. The highest BCUT2D eigenvalue weighted by molar-refractivity contribution is 5.71. The van der Waals surface area contributed by atoms with Gasteiger partial charge in [-0.05, 0) is 89.9 Å². The van der Waals surface area contributed by atoms with E-state index in [2.05, 4.69) is 118 Å². The van der Waals surface area contributed by atoms with Gasteiger partial charge in [0.15, 0.2) is 6.10 Å². The Morgan fingerprint density at radius 3 is 1.02 bits per heavy atom. The molecule has 0 radical (unpaired) electrons. The molecule has 0 aromatic rings. The van der Waals surface area contributed by atoms with Crippen LogP contribution in [0.1, 0.15) is 220 Å². The van der Waals surface area contributed by atoms with E-state index >= 15 is 0 Å². The van der Waals surface area contributed by atoms with E-state index in [-0.39, 0.29) is 31.6 Å². The molecule has 0 aliphatic carbocycles. The molecule has 0 bridgehead atoms. The number of hydrogen-bond donors (Lipinski definition) is 0. The maximum atomic E-state index is 12.7. The summed E-state index contributed by atoms with van der Waals surface area (Å²) in [6, 6.07) is 0. The zero-order valence-electron chi connectivity index (χ0n) is 41.3. The van der Waals surface area contributed by atoms with Gasteiger partial charge in [-0.3, -0.25) is 14.4 Å². The number of ether oxygens (including phenoxy) is 3. The summed E-state index contributed by atoms with van der Waals surface area (Å²) >= 11 is 0. The van der Waals surface area contributed by atoms with Crippen molar-refractivity contribution in [2.24, 2.45) is 0 Å². The van der Waals surface area contributed by atoms with E-state index in [1.54, 1.807) is 0 Å². The Hall–Kier alpha value is -3.93. The molecular weight excluding hydrogens is 793 g/mol. The minimum atomic E-state index is -0.816. The molecule has 0 aromatic carbocycles. The first kappa shape index (κ1) is 60.1. The van der Waals surface area contributed by atoms with Crippen molar-refractivity contribution in [1.29, 1.82) is 0 Å². The summed E-state index contributed by atoms with van der Waals surface area (Å²) in [6.07, 6.45) is 69.6. The van der Waals surface area contributed by atoms with Gasteiger partial charge in [0.25, 0.3) is 0 Å². The second-order valence-corrected chi connectivity index (χ2v) is 16.7. The summed E-state index contributed by atoms with van der Waals surface area (Å²) in [4.78, 5) is 37.8. The molecule has 0 rings (SSSR count). The highest BCUT2D eigenvalue weighted by atomic mass is 16.6. The molecule has 1 unspecified atom stereocenters. The molecule has 6 heteroatoms. The zero-order chi connectivity index (χ0) is 46.5. The highest BCUT2D eigenvalue weighted by Crippen LogP contribution is 2.14. The lowest BCUT2D eigenvalue weighted by atomic mass is 10.1. The van der Waals surface area contributed by atoms with Crippen molar-refractivity contribution in [2.75, 3.05) is 13.2 Å². The van der Waals surface area contributed by atoms with Crippen LogP contribution in [0.5, 0.6) is 0 Å². The van der Waals surface area contributed by atoms with E-state index < -0.39 is 12.1 Å². The third-order valence-electron chi connectivity index (χ3n) is 10.5. The Morgan fingerprint density at radius 2 is 0.641 bits per heavy atom. The van der Waals surface area contributed by atoms with Crippen molar-refractivity contribution >= 4 is 17.9 Å². The summed E-state index contributed by atoms with van der Waals surface area (Å²) in [5.41, 5.74) is 0. The largest absolute Gasteiger partial charge is 0.462 e. The van der Waals surface area contributed by atoms with Crippen molar-refractivity contribution < 1.29 is 28.6 Å². The summed E-state index contributed by atoms with van der Waals surface area (Å²) < 4.78 is 16.6. The average Bonchev–Trinajstić information content (AvgIpc) is 3.29. The van der Waals surface area contributed by atoms with Crippen molar-refractivity contribution in [2.45, 2.75) is 226 Å². The van der Waals surface area contributed by atoms with Gasteiger partial charge in [0.05, 0.1) is 0 Å². The summed E-state index contributed by atoms with van der Waals surface area (Å²) in [5, 5.41) is 0. The van der Waals surface area contributed by atoms with E-state index in [0.29, 0.717) is 19.3 Å². The van der Waals surface area contributed by atoms with Gasteiger partial charge in [-0.15, -0.1) is 0 Å². The van der Waals surface area contributed by atoms with Gasteiger partial charge >= 0.3 is 17.9 Å². The van der Waals surface area contributed by atoms with E-state index in [1.165, 1.54) is 70.6 Å². The molecule has 6 nitrogen and oxygen atoms in total. The summed E-state index contributed by atoms with van der Waals surface area (Å²) in [5.74, 6) is -1.01. The van der Waals surface area contributed by atoms with Crippen LogP contribution in [0.25, 0.3) is 0 Å². The average molecular weight is 887 g/mol. The van der Waals surface area contributed by atoms with Crippen molar-refractivity contribution in [3.05, 3.63) is 109 Å². The lowest BCUT2D eigenvalue weighted by Crippen LogP contribution is -2.30. The van der Waals surface area contributed by atoms with E-state index in [1.807, 2.05) is 12.2 Å². The third kappa shape index (κ3) is 49.1. The molecule has 1 atom stereocenters. The Balaban J connectivity index is 4.29. The fourth-order valence-electron chi connectivity index (χ4n) is 6.72. The van der Waals surface area contributed by atoms with Crippen LogP contribution in [0.2, 0.25) is 0 Å². The highest BCUT2D eigenvalue weighted by Gasteiger charge is 2.19. The maximum absolute atomic E-state index is 12.7. The molecule has 0 fully saturated rings. The van der Waals surface area contributed by atoms with Crippen LogP contribution in [0.3, 0.4) is 0 Å². The van der Waals surface area contributed by atoms with Crippen molar-refractivity contribution in [3.63, 3.8) is 0 Å². The van der Waals surface area contributed by atoms with Gasteiger partial charge < -0.3 is 14.2 Å². The molecule has 0 spiro atoms. The smallest absolute Gasteiger partial charge is 0.306 e. The van der Waals surface area contributed by atoms with E-state index in [9.17, 15) is 14.4 Å². The number of esters is 3. The first-order chi connectivity index (χ1) is 31.5. The molecule has 0 amide bonds. The quantitative estimate of drug-likeness (QED) is 0.0262. The zero-order valence-corrected chi connectivity index (χ0v) is 41.3. The Bertz CT molecular complexity index is 1340. The first-order valence-corrected chi connectivity index (χ1v) is 25.9. The van der Waals surface area contributed by atoms with Crippen LogP contribution in [0, 0.1) is 0 Å². The number of allylic oxidation sites excluding steroid dienone is 18. The maximum Gasteiger partial charge on any atom is 0.306 e. The number of carbonyl (C=O) groups is 3. The second-order valence-electron chi connectivity index (χ2n) is 16.7. The predicted octanol–water partition coefficient (Wildman–Crippen LogP) is 17.1. The van der Waals surface area contributed by atoms with Gasteiger partial charge in [-0.2, -0.15) is 0 Å². The van der Waals surface area contributed by atoms with Crippen molar-refractivity contribution in [1.82, 2.24) is 0 Å². The lowest BCUT2D eigenvalue weighted by molar-refractivity contribution is -0.166.